The zero-order valence-electron chi connectivity index (χ0n) is 10.8. The van der Waals surface area contributed by atoms with Gasteiger partial charge >= 0.3 is 0 Å². The molecule has 0 aliphatic carbocycles. The summed E-state index contributed by atoms with van der Waals surface area (Å²) in [7, 11) is 0. The molecule has 2 rings (SSSR count). The molecular weight excluding hydrogens is 276 g/mol. The largest absolute Gasteiger partial charge is 0.392 e. The van der Waals surface area contributed by atoms with Crippen molar-refractivity contribution in [2.45, 2.75) is 24.3 Å². The Morgan fingerprint density at radius 3 is 2.58 bits per heavy atom. The lowest BCUT2D eigenvalue weighted by atomic mass is 10.1. The van der Waals surface area contributed by atoms with Gasteiger partial charge in [0.05, 0.1) is 6.10 Å². The van der Waals surface area contributed by atoms with Crippen LogP contribution in [0.15, 0.2) is 53.4 Å². The van der Waals surface area contributed by atoms with Crippen LogP contribution in [0.3, 0.4) is 0 Å². The highest BCUT2D eigenvalue weighted by Gasteiger charge is 2.06. The Labute approximate surface area is 123 Å². The van der Waals surface area contributed by atoms with Gasteiger partial charge in [-0.1, -0.05) is 41.4 Å². The first-order valence-corrected chi connectivity index (χ1v) is 7.62. The first-order valence-electron chi connectivity index (χ1n) is 6.25. The van der Waals surface area contributed by atoms with E-state index in [1.165, 1.54) is 11.1 Å². The lowest BCUT2D eigenvalue weighted by Crippen LogP contribution is -2.13. The molecule has 3 heteroatoms. The van der Waals surface area contributed by atoms with Gasteiger partial charge in [0.1, 0.15) is 0 Å². The minimum atomic E-state index is -0.331. The highest BCUT2D eigenvalue weighted by Crippen LogP contribution is 2.22. The number of halogens is 1. The Morgan fingerprint density at radius 1 is 1.16 bits per heavy atom. The van der Waals surface area contributed by atoms with E-state index in [0.29, 0.717) is 12.2 Å². The van der Waals surface area contributed by atoms with E-state index in [-0.39, 0.29) is 6.10 Å². The molecule has 0 heterocycles. The van der Waals surface area contributed by atoms with Crippen LogP contribution in [-0.4, -0.2) is 17.0 Å². The van der Waals surface area contributed by atoms with Crippen LogP contribution in [0.4, 0.5) is 0 Å². The first-order chi connectivity index (χ1) is 9.13. The van der Waals surface area contributed by atoms with E-state index in [9.17, 15) is 5.11 Å². The Morgan fingerprint density at radius 2 is 1.89 bits per heavy atom. The van der Waals surface area contributed by atoms with Gasteiger partial charge in [0.15, 0.2) is 0 Å². The van der Waals surface area contributed by atoms with Crippen molar-refractivity contribution in [2.75, 3.05) is 5.75 Å². The lowest BCUT2D eigenvalue weighted by Gasteiger charge is -2.11. The van der Waals surface area contributed by atoms with Crippen molar-refractivity contribution in [2.24, 2.45) is 0 Å². The van der Waals surface area contributed by atoms with Gasteiger partial charge < -0.3 is 5.11 Å². The average Bonchev–Trinajstić information content (AvgIpc) is 2.38. The monoisotopic (exact) mass is 292 g/mol. The third kappa shape index (κ3) is 4.90. The van der Waals surface area contributed by atoms with Crippen molar-refractivity contribution in [3.8, 4) is 0 Å². The number of benzene rings is 2. The topological polar surface area (TPSA) is 20.2 Å². The predicted molar refractivity (Wildman–Crippen MR) is 83.1 cm³/mol. The van der Waals surface area contributed by atoms with Crippen LogP contribution in [0.25, 0.3) is 0 Å². The molecule has 100 valence electrons. The summed E-state index contributed by atoms with van der Waals surface area (Å²) in [6.45, 7) is 2.07. The van der Waals surface area contributed by atoms with Crippen LogP contribution < -0.4 is 0 Å². The fourth-order valence-corrected chi connectivity index (χ4v) is 2.85. The second-order valence-corrected chi connectivity index (χ2v) is 6.14. The molecule has 19 heavy (non-hydrogen) atoms. The molecule has 0 saturated carbocycles. The van der Waals surface area contributed by atoms with Gasteiger partial charge in [-0.2, -0.15) is 0 Å². The standard InChI is InChI=1S/C16H17ClOS/c1-12-3-2-4-13(9-12)10-15(18)11-19-16-7-5-14(17)6-8-16/h2-9,15,18H,10-11H2,1H3. The number of aryl methyl sites for hydroxylation is 1. The van der Waals surface area contributed by atoms with E-state index in [2.05, 4.69) is 25.1 Å². The van der Waals surface area contributed by atoms with Crippen molar-refractivity contribution in [3.05, 3.63) is 64.7 Å². The van der Waals surface area contributed by atoms with Crippen molar-refractivity contribution >= 4 is 23.4 Å². The van der Waals surface area contributed by atoms with Crippen molar-refractivity contribution < 1.29 is 5.11 Å². The van der Waals surface area contributed by atoms with Gasteiger partial charge in [0, 0.05) is 15.7 Å². The van der Waals surface area contributed by atoms with Crippen LogP contribution in [0.2, 0.25) is 5.02 Å². The minimum Gasteiger partial charge on any atom is -0.392 e. The van der Waals surface area contributed by atoms with Crippen LogP contribution in [-0.2, 0) is 6.42 Å². The molecule has 1 nitrogen and oxygen atoms in total. The molecule has 1 N–H and O–H groups in total. The van der Waals surface area contributed by atoms with Crippen LogP contribution in [0, 0.1) is 6.92 Å². The van der Waals surface area contributed by atoms with Crippen LogP contribution in [0.5, 0.6) is 0 Å². The fourth-order valence-electron chi connectivity index (χ4n) is 1.89. The van der Waals surface area contributed by atoms with E-state index in [0.717, 1.165) is 9.92 Å². The highest BCUT2D eigenvalue weighted by molar-refractivity contribution is 7.99. The maximum Gasteiger partial charge on any atom is 0.0674 e. The smallest absolute Gasteiger partial charge is 0.0674 e. The molecule has 2 aromatic rings. The highest BCUT2D eigenvalue weighted by atomic mass is 35.5. The number of aliphatic hydroxyl groups excluding tert-OH is 1. The molecule has 1 atom stereocenters. The van der Waals surface area contributed by atoms with Crippen molar-refractivity contribution in [3.63, 3.8) is 0 Å². The third-order valence-electron chi connectivity index (χ3n) is 2.81. The molecule has 0 fully saturated rings. The lowest BCUT2D eigenvalue weighted by molar-refractivity contribution is 0.200. The van der Waals surface area contributed by atoms with E-state index in [1.807, 2.05) is 30.3 Å². The van der Waals surface area contributed by atoms with Gasteiger partial charge in [0.25, 0.3) is 0 Å². The average molecular weight is 293 g/mol. The molecule has 0 spiro atoms. The van der Waals surface area contributed by atoms with Crippen molar-refractivity contribution in [1.29, 1.82) is 0 Å². The van der Waals surface area contributed by atoms with Crippen LogP contribution >= 0.6 is 23.4 Å². The number of aliphatic hydroxyl groups is 1. The normalized spacial score (nSPS) is 12.4. The summed E-state index contributed by atoms with van der Waals surface area (Å²) in [5.74, 6) is 0.690. The first kappa shape index (κ1) is 14.4. The maximum absolute atomic E-state index is 10.1. The Balaban J connectivity index is 1.84. The summed E-state index contributed by atoms with van der Waals surface area (Å²) in [4.78, 5) is 1.13. The number of rotatable bonds is 5. The predicted octanol–water partition coefficient (Wildman–Crippen LogP) is 4.34. The summed E-state index contributed by atoms with van der Waals surface area (Å²) >= 11 is 7.49. The van der Waals surface area contributed by atoms with Crippen LogP contribution in [0.1, 0.15) is 11.1 Å². The second kappa shape index (κ2) is 6.99. The summed E-state index contributed by atoms with van der Waals surface area (Å²) in [5, 5.41) is 10.8. The molecule has 0 aliphatic rings. The number of hydrogen-bond acceptors (Lipinski definition) is 2. The Kier molecular flexibility index (Phi) is 5.32. The van der Waals surface area contributed by atoms with E-state index in [1.54, 1.807) is 11.8 Å². The number of hydrogen-bond donors (Lipinski definition) is 1. The fraction of sp³-hybridized carbons (Fsp3) is 0.250. The minimum absolute atomic E-state index is 0.331. The maximum atomic E-state index is 10.1. The third-order valence-corrected chi connectivity index (χ3v) is 4.22. The van der Waals surface area contributed by atoms with Gasteiger partial charge in [-0.25, -0.2) is 0 Å². The van der Waals surface area contributed by atoms with E-state index < -0.39 is 0 Å². The summed E-state index contributed by atoms with van der Waals surface area (Å²) in [6, 6.07) is 16.0. The molecule has 0 amide bonds. The van der Waals surface area contributed by atoms with Gasteiger partial charge in [-0.05, 0) is 43.2 Å². The van der Waals surface area contributed by atoms with Gasteiger partial charge in [0.2, 0.25) is 0 Å². The zero-order chi connectivity index (χ0) is 13.7. The molecule has 0 bridgehead atoms. The van der Waals surface area contributed by atoms with Crippen molar-refractivity contribution in [1.82, 2.24) is 0 Å². The molecular formula is C16H17ClOS. The molecule has 0 aliphatic heterocycles. The Bertz CT molecular complexity index is 525. The second-order valence-electron chi connectivity index (χ2n) is 4.61. The summed E-state index contributed by atoms with van der Waals surface area (Å²) < 4.78 is 0. The Hall–Kier alpha value is -0.960. The van der Waals surface area contributed by atoms with E-state index >= 15 is 0 Å². The van der Waals surface area contributed by atoms with Gasteiger partial charge in [-0.15, -0.1) is 11.8 Å². The van der Waals surface area contributed by atoms with Gasteiger partial charge in [-0.3, -0.25) is 0 Å². The van der Waals surface area contributed by atoms with E-state index in [4.69, 9.17) is 11.6 Å². The molecule has 0 saturated heterocycles. The summed E-state index contributed by atoms with van der Waals surface area (Å²) in [6.07, 6.45) is 0.366. The molecule has 1 unspecified atom stereocenters. The quantitative estimate of drug-likeness (QED) is 0.827. The molecule has 0 radical (unpaired) electrons. The summed E-state index contributed by atoms with van der Waals surface area (Å²) in [5.41, 5.74) is 2.42. The SMILES string of the molecule is Cc1cccc(CC(O)CSc2ccc(Cl)cc2)c1. The number of thioether (sulfide) groups is 1. The molecule has 0 aromatic heterocycles. The molecule has 2 aromatic carbocycles. The zero-order valence-corrected chi connectivity index (χ0v) is 12.4.